The number of hydrogen-bond acceptors (Lipinski definition) is 4. The van der Waals surface area contributed by atoms with Crippen LogP contribution in [-0.2, 0) is 10.0 Å². The molecule has 0 aliphatic heterocycles. The third-order valence-electron chi connectivity index (χ3n) is 2.38. The fourth-order valence-electron chi connectivity index (χ4n) is 1.42. The van der Waals surface area contributed by atoms with Crippen LogP contribution in [0.2, 0.25) is 0 Å². The van der Waals surface area contributed by atoms with Gasteiger partial charge in [-0.2, -0.15) is 0 Å². The van der Waals surface area contributed by atoms with Crippen LogP contribution in [-0.4, -0.2) is 25.4 Å². The summed E-state index contributed by atoms with van der Waals surface area (Å²) in [7, 11) is -2.20. The van der Waals surface area contributed by atoms with Crippen LogP contribution >= 0.6 is 0 Å². The van der Waals surface area contributed by atoms with Crippen LogP contribution in [0, 0.1) is 0 Å². The van der Waals surface area contributed by atoms with E-state index in [1.807, 2.05) is 0 Å². The van der Waals surface area contributed by atoms with Crippen LogP contribution in [0.15, 0.2) is 41.7 Å². The highest BCUT2D eigenvalue weighted by molar-refractivity contribution is 7.93. The van der Waals surface area contributed by atoms with Crippen LogP contribution in [0.5, 0.6) is 0 Å². The van der Waals surface area contributed by atoms with Crippen LogP contribution in [0.1, 0.15) is 0 Å². The molecular formula is C10H12N4O2S. The summed E-state index contributed by atoms with van der Waals surface area (Å²) in [6, 6.07) is 4.62. The van der Waals surface area contributed by atoms with Crippen molar-refractivity contribution in [1.82, 2.24) is 9.97 Å². The molecule has 2 heterocycles. The summed E-state index contributed by atoms with van der Waals surface area (Å²) in [4.78, 5) is 6.57. The predicted octanol–water partition coefficient (Wildman–Crippen LogP) is 0.817. The predicted molar refractivity (Wildman–Crippen MR) is 65.0 cm³/mol. The topological polar surface area (TPSA) is 92.1 Å². The monoisotopic (exact) mass is 252 g/mol. The molecule has 0 aliphatic rings. The van der Waals surface area contributed by atoms with E-state index in [0.29, 0.717) is 5.69 Å². The van der Waals surface area contributed by atoms with Crippen molar-refractivity contribution in [3.8, 4) is 0 Å². The van der Waals surface area contributed by atoms with E-state index in [2.05, 4.69) is 9.97 Å². The number of nitrogen functional groups attached to an aromatic ring is 1. The van der Waals surface area contributed by atoms with Gasteiger partial charge in [-0.3, -0.25) is 4.31 Å². The molecule has 0 radical (unpaired) electrons. The van der Waals surface area contributed by atoms with Gasteiger partial charge in [-0.1, -0.05) is 0 Å². The minimum absolute atomic E-state index is 0.00343. The molecule has 0 bridgehead atoms. The average molecular weight is 252 g/mol. The van der Waals surface area contributed by atoms with E-state index in [4.69, 9.17) is 5.73 Å². The summed E-state index contributed by atoms with van der Waals surface area (Å²) in [5, 5.41) is 0. The van der Waals surface area contributed by atoms with Crippen LogP contribution in [0.3, 0.4) is 0 Å². The maximum absolute atomic E-state index is 12.2. The number of aromatic amines is 1. The molecule has 0 spiro atoms. The van der Waals surface area contributed by atoms with Gasteiger partial charge in [0.05, 0.1) is 5.69 Å². The SMILES string of the molecule is CN(c1cc[nH]c1)S(=O)(=O)c1cccnc1N. The third kappa shape index (κ3) is 1.96. The van der Waals surface area contributed by atoms with Gasteiger partial charge < -0.3 is 10.7 Å². The van der Waals surface area contributed by atoms with Crippen LogP contribution in [0.25, 0.3) is 0 Å². The normalized spacial score (nSPS) is 11.4. The Kier molecular flexibility index (Phi) is 2.76. The highest BCUT2D eigenvalue weighted by atomic mass is 32.2. The second kappa shape index (κ2) is 4.10. The van der Waals surface area contributed by atoms with Gasteiger partial charge in [0.2, 0.25) is 0 Å². The molecule has 2 aromatic rings. The molecule has 7 heteroatoms. The number of nitrogens with two attached hydrogens (primary N) is 1. The lowest BCUT2D eigenvalue weighted by molar-refractivity contribution is 0.594. The van der Waals surface area contributed by atoms with Crippen LogP contribution < -0.4 is 10.0 Å². The minimum atomic E-state index is -3.67. The molecule has 17 heavy (non-hydrogen) atoms. The van der Waals surface area contributed by atoms with E-state index in [0.717, 1.165) is 4.31 Å². The van der Waals surface area contributed by atoms with Gasteiger partial charge in [-0.15, -0.1) is 0 Å². The molecule has 0 aromatic carbocycles. The highest BCUT2D eigenvalue weighted by Gasteiger charge is 2.24. The fraction of sp³-hybridized carbons (Fsp3) is 0.100. The number of nitrogens with one attached hydrogen (secondary N) is 1. The van der Waals surface area contributed by atoms with Crippen molar-refractivity contribution >= 4 is 21.5 Å². The van der Waals surface area contributed by atoms with Crippen LogP contribution in [0.4, 0.5) is 11.5 Å². The van der Waals surface area contributed by atoms with Gasteiger partial charge in [-0.05, 0) is 18.2 Å². The Hall–Kier alpha value is -2.02. The van der Waals surface area contributed by atoms with E-state index in [-0.39, 0.29) is 10.7 Å². The average Bonchev–Trinajstić information content (AvgIpc) is 2.81. The fourth-order valence-corrected chi connectivity index (χ4v) is 2.67. The van der Waals surface area contributed by atoms with E-state index >= 15 is 0 Å². The van der Waals surface area contributed by atoms with Gasteiger partial charge in [0.1, 0.15) is 10.7 Å². The second-order valence-corrected chi connectivity index (χ2v) is 5.37. The molecule has 0 saturated heterocycles. The first-order valence-electron chi connectivity index (χ1n) is 4.85. The largest absolute Gasteiger partial charge is 0.383 e. The first kappa shape index (κ1) is 11.5. The summed E-state index contributed by atoms with van der Waals surface area (Å²) in [5.41, 5.74) is 6.11. The lowest BCUT2D eigenvalue weighted by atomic mass is 10.5. The second-order valence-electron chi connectivity index (χ2n) is 3.43. The van der Waals surface area contributed by atoms with Crippen molar-refractivity contribution in [2.45, 2.75) is 4.90 Å². The van der Waals surface area contributed by atoms with Gasteiger partial charge in [0.25, 0.3) is 10.0 Å². The Balaban J connectivity index is 2.48. The lowest BCUT2D eigenvalue weighted by Gasteiger charge is -2.18. The Morgan fingerprint density at radius 2 is 2.18 bits per heavy atom. The summed E-state index contributed by atoms with van der Waals surface area (Å²) < 4.78 is 25.6. The summed E-state index contributed by atoms with van der Waals surface area (Å²) in [5.74, 6) is -0.00474. The maximum atomic E-state index is 12.2. The Morgan fingerprint density at radius 3 is 2.76 bits per heavy atom. The summed E-state index contributed by atoms with van der Waals surface area (Å²) in [6.07, 6.45) is 4.68. The summed E-state index contributed by atoms with van der Waals surface area (Å²) in [6.45, 7) is 0. The molecular weight excluding hydrogens is 240 g/mol. The summed E-state index contributed by atoms with van der Waals surface area (Å²) >= 11 is 0. The Bertz CT molecular complexity index is 607. The van der Waals surface area contributed by atoms with E-state index in [9.17, 15) is 8.42 Å². The molecule has 0 fully saturated rings. The van der Waals surface area contributed by atoms with E-state index < -0.39 is 10.0 Å². The van der Waals surface area contributed by atoms with Crippen molar-refractivity contribution in [3.63, 3.8) is 0 Å². The molecule has 90 valence electrons. The smallest absolute Gasteiger partial charge is 0.267 e. The van der Waals surface area contributed by atoms with Gasteiger partial charge >= 0.3 is 0 Å². The molecule has 0 saturated carbocycles. The Labute approximate surface area is 99.1 Å². The lowest BCUT2D eigenvalue weighted by Crippen LogP contribution is -2.27. The van der Waals surface area contributed by atoms with E-state index in [1.165, 1.54) is 25.4 Å². The first-order chi connectivity index (χ1) is 8.03. The number of sulfonamides is 1. The molecule has 0 aliphatic carbocycles. The zero-order valence-electron chi connectivity index (χ0n) is 9.16. The maximum Gasteiger partial charge on any atom is 0.267 e. The zero-order valence-corrected chi connectivity index (χ0v) is 9.98. The van der Waals surface area contributed by atoms with Crippen molar-refractivity contribution in [2.75, 3.05) is 17.1 Å². The number of aromatic nitrogens is 2. The minimum Gasteiger partial charge on any atom is -0.383 e. The van der Waals surface area contributed by atoms with Crippen molar-refractivity contribution < 1.29 is 8.42 Å². The molecule has 0 amide bonds. The highest BCUT2D eigenvalue weighted by Crippen LogP contribution is 2.23. The number of rotatable bonds is 3. The van der Waals surface area contributed by atoms with Gasteiger partial charge in [0, 0.05) is 25.6 Å². The molecule has 0 unspecified atom stereocenters. The van der Waals surface area contributed by atoms with Crippen molar-refractivity contribution in [3.05, 3.63) is 36.8 Å². The molecule has 3 N–H and O–H groups in total. The molecule has 2 aromatic heterocycles. The Morgan fingerprint density at radius 1 is 1.41 bits per heavy atom. The van der Waals surface area contributed by atoms with Gasteiger partial charge in [-0.25, -0.2) is 13.4 Å². The number of H-pyrrole nitrogens is 1. The number of nitrogens with zero attached hydrogens (tertiary/aromatic N) is 2. The molecule has 6 nitrogen and oxygen atoms in total. The molecule has 0 atom stereocenters. The number of hydrogen-bond donors (Lipinski definition) is 2. The quantitative estimate of drug-likeness (QED) is 0.845. The molecule has 2 rings (SSSR count). The van der Waals surface area contributed by atoms with Crippen molar-refractivity contribution in [2.24, 2.45) is 0 Å². The zero-order chi connectivity index (χ0) is 12.5. The first-order valence-corrected chi connectivity index (χ1v) is 6.29. The van der Waals surface area contributed by atoms with Gasteiger partial charge in [0.15, 0.2) is 0 Å². The van der Waals surface area contributed by atoms with Crippen molar-refractivity contribution in [1.29, 1.82) is 0 Å². The standard InChI is InChI=1S/C10H12N4O2S/c1-14(8-4-6-12-7-8)17(15,16)9-3-2-5-13-10(9)11/h2-7,12H,1H3,(H2,11,13). The van der Waals surface area contributed by atoms with E-state index in [1.54, 1.807) is 18.5 Å². The third-order valence-corrected chi connectivity index (χ3v) is 4.22. The number of anilines is 2. The number of pyridine rings is 1.